The van der Waals surface area contributed by atoms with Gasteiger partial charge in [0.15, 0.2) is 0 Å². The van der Waals surface area contributed by atoms with Gasteiger partial charge < -0.3 is 10.1 Å². The van der Waals surface area contributed by atoms with Gasteiger partial charge in [-0.2, -0.15) is 5.10 Å². The number of carbonyl (C=O) groups excluding carboxylic acids is 2. The number of aryl methyl sites for hydroxylation is 1. The van der Waals surface area contributed by atoms with E-state index in [1.165, 1.54) is 0 Å². The molecule has 3 aromatic rings. The van der Waals surface area contributed by atoms with E-state index in [0.717, 1.165) is 23.2 Å². The fourth-order valence-corrected chi connectivity index (χ4v) is 4.34. The Hall–Kier alpha value is -3.68. The predicted molar refractivity (Wildman–Crippen MR) is 137 cm³/mol. The van der Waals surface area contributed by atoms with E-state index >= 15 is 0 Å². The highest BCUT2D eigenvalue weighted by Crippen LogP contribution is 2.32. The highest BCUT2D eigenvalue weighted by atomic mass is 19.1. The number of aromatic nitrogens is 2. The molecule has 0 aliphatic carbocycles. The van der Waals surface area contributed by atoms with E-state index in [2.05, 4.69) is 5.32 Å². The Bertz CT molecular complexity index is 1250. The van der Waals surface area contributed by atoms with Gasteiger partial charge in [0.1, 0.15) is 23.3 Å². The number of halogens is 1. The number of alkyl carbamates (subject to hydrolysis) is 1. The third-order valence-electron chi connectivity index (χ3n) is 6.20. The number of ether oxygens (including phenoxy) is 1. The summed E-state index contributed by atoms with van der Waals surface area (Å²) in [6, 6.07) is 15.8. The zero-order chi connectivity index (χ0) is 26.0. The third kappa shape index (κ3) is 5.58. The summed E-state index contributed by atoms with van der Waals surface area (Å²) in [6.45, 7) is 10.1. The first-order valence-corrected chi connectivity index (χ1v) is 12.3. The summed E-state index contributed by atoms with van der Waals surface area (Å²) in [5, 5.41) is 7.35. The molecule has 1 aliphatic rings. The summed E-state index contributed by atoms with van der Waals surface area (Å²) in [5.74, 6) is -0.0171. The van der Waals surface area contributed by atoms with Crippen molar-refractivity contribution in [2.75, 3.05) is 11.4 Å². The van der Waals surface area contributed by atoms with Crippen molar-refractivity contribution in [2.24, 2.45) is 0 Å². The topological polar surface area (TPSA) is 76.5 Å². The molecule has 1 aliphatic heterocycles. The maximum atomic E-state index is 15.0. The second-order valence-electron chi connectivity index (χ2n) is 10.2. The lowest BCUT2D eigenvalue weighted by Crippen LogP contribution is -2.50. The number of benzene rings is 2. The van der Waals surface area contributed by atoms with Crippen LogP contribution < -0.4 is 10.2 Å². The molecule has 2 amide bonds. The van der Waals surface area contributed by atoms with Crippen LogP contribution in [0, 0.1) is 5.82 Å². The van der Waals surface area contributed by atoms with Crippen LogP contribution in [0.15, 0.2) is 54.6 Å². The molecular weight excluding hydrogens is 459 g/mol. The second-order valence-corrected chi connectivity index (χ2v) is 10.2. The monoisotopic (exact) mass is 492 g/mol. The van der Waals surface area contributed by atoms with Crippen LogP contribution in [-0.4, -0.2) is 40.0 Å². The van der Waals surface area contributed by atoms with Crippen LogP contribution >= 0.6 is 0 Å². The third-order valence-corrected chi connectivity index (χ3v) is 6.20. The number of nitrogens with zero attached hydrogens (tertiary/aromatic N) is 3. The van der Waals surface area contributed by atoms with E-state index in [4.69, 9.17) is 9.84 Å². The maximum Gasteiger partial charge on any atom is 0.408 e. The zero-order valence-electron chi connectivity index (χ0n) is 21.4. The Balaban J connectivity index is 1.52. The second kappa shape index (κ2) is 10.1. The summed E-state index contributed by atoms with van der Waals surface area (Å²) < 4.78 is 22.1. The Labute approximate surface area is 211 Å². The lowest BCUT2D eigenvalue weighted by molar-refractivity contribution is -0.120. The van der Waals surface area contributed by atoms with Gasteiger partial charge in [-0.25, -0.2) is 13.9 Å². The molecule has 190 valence electrons. The molecular formula is C28H33FN4O3. The number of amides is 2. The minimum absolute atomic E-state index is 0.170. The van der Waals surface area contributed by atoms with E-state index < -0.39 is 17.7 Å². The molecule has 2 atom stereocenters. The summed E-state index contributed by atoms with van der Waals surface area (Å²) in [6.07, 6.45) is 0.109. The first kappa shape index (κ1) is 25.4. The van der Waals surface area contributed by atoms with Crippen LogP contribution in [0.2, 0.25) is 0 Å². The van der Waals surface area contributed by atoms with Crippen molar-refractivity contribution in [3.8, 4) is 11.1 Å². The minimum atomic E-state index is -0.762. The molecule has 7 nitrogen and oxygen atoms in total. The van der Waals surface area contributed by atoms with Gasteiger partial charge in [-0.3, -0.25) is 9.69 Å². The summed E-state index contributed by atoms with van der Waals surface area (Å²) in [5.41, 5.74) is 2.29. The van der Waals surface area contributed by atoms with E-state index in [-0.39, 0.29) is 17.6 Å². The fraction of sp³-hybridized carbons (Fsp3) is 0.393. The van der Waals surface area contributed by atoms with Gasteiger partial charge >= 0.3 is 6.09 Å². The van der Waals surface area contributed by atoms with Gasteiger partial charge in [-0.15, -0.1) is 0 Å². The fourth-order valence-electron chi connectivity index (χ4n) is 4.34. The zero-order valence-corrected chi connectivity index (χ0v) is 21.4. The normalized spacial score (nSPS) is 15.1. The first-order valence-electron chi connectivity index (χ1n) is 12.3. The molecule has 1 aromatic heterocycles. The van der Waals surface area contributed by atoms with Gasteiger partial charge in [0, 0.05) is 30.6 Å². The van der Waals surface area contributed by atoms with E-state index in [1.807, 2.05) is 54.1 Å². The Morgan fingerprint density at radius 3 is 2.44 bits per heavy atom. The number of nitrogens with one attached hydrogen (secondary N) is 1. The van der Waals surface area contributed by atoms with Gasteiger partial charge in [0.25, 0.3) is 5.91 Å². The maximum absolute atomic E-state index is 15.0. The van der Waals surface area contributed by atoms with Crippen LogP contribution in [0.4, 0.5) is 15.0 Å². The first-order chi connectivity index (χ1) is 17.0. The Kier molecular flexibility index (Phi) is 7.15. The summed E-state index contributed by atoms with van der Waals surface area (Å²) in [4.78, 5) is 27.0. The Morgan fingerprint density at radius 1 is 1.06 bits per heavy atom. The van der Waals surface area contributed by atoms with Crippen molar-refractivity contribution < 1.29 is 18.7 Å². The molecule has 0 spiro atoms. The van der Waals surface area contributed by atoms with E-state index in [0.29, 0.717) is 24.5 Å². The van der Waals surface area contributed by atoms with Gasteiger partial charge in [-0.1, -0.05) is 49.4 Å². The van der Waals surface area contributed by atoms with Crippen LogP contribution in [-0.2, 0) is 16.1 Å². The Morgan fingerprint density at radius 2 is 1.78 bits per heavy atom. The number of hydrogen-bond acceptors (Lipinski definition) is 4. The molecule has 2 aromatic carbocycles. The average Bonchev–Trinajstić information content (AvgIpc) is 3.27. The van der Waals surface area contributed by atoms with Crippen LogP contribution in [0.1, 0.15) is 58.2 Å². The molecule has 0 fully saturated rings. The molecule has 2 heterocycles. The molecule has 0 radical (unpaired) electrons. The summed E-state index contributed by atoms with van der Waals surface area (Å²) >= 11 is 0. The molecule has 0 bridgehead atoms. The summed E-state index contributed by atoms with van der Waals surface area (Å²) in [7, 11) is 0. The smallest absolute Gasteiger partial charge is 0.408 e. The molecule has 0 saturated carbocycles. The number of rotatable bonds is 5. The van der Waals surface area contributed by atoms with Crippen LogP contribution in [0.5, 0.6) is 0 Å². The molecule has 4 rings (SSSR count). The number of anilines is 1. The molecule has 1 N–H and O–H groups in total. The van der Waals surface area contributed by atoms with Crippen LogP contribution in [0.3, 0.4) is 0 Å². The van der Waals surface area contributed by atoms with Crippen molar-refractivity contribution in [1.29, 1.82) is 0 Å². The van der Waals surface area contributed by atoms with Gasteiger partial charge in [-0.05, 0) is 51.3 Å². The van der Waals surface area contributed by atoms with Crippen molar-refractivity contribution >= 4 is 17.8 Å². The largest absolute Gasteiger partial charge is 0.444 e. The molecule has 0 saturated heterocycles. The van der Waals surface area contributed by atoms with Gasteiger partial charge in [0.2, 0.25) is 0 Å². The number of carbonyl (C=O) groups is 2. The molecule has 8 heteroatoms. The van der Waals surface area contributed by atoms with Gasteiger partial charge in [0.05, 0.1) is 5.69 Å². The minimum Gasteiger partial charge on any atom is -0.444 e. The van der Waals surface area contributed by atoms with Crippen molar-refractivity contribution in [1.82, 2.24) is 15.1 Å². The molecule has 36 heavy (non-hydrogen) atoms. The van der Waals surface area contributed by atoms with Crippen molar-refractivity contribution in [3.05, 3.63) is 71.7 Å². The SMILES string of the molecule is CC(c1ccc(-c2ccccc2)c(F)c1)c1cc2n(n1)CCCN2C(=O)[C@@H](C)NC(=O)OC(C)(C)C. The van der Waals surface area contributed by atoms with Crippen LogP contribution in [0.25, 0.3) is 11.1 Å². The lowest BCUT2D eigenvalue weighted by atomic mass is 9.95. The predicted octanol–water partition coefficient (Wildman–Crippen LogP) is 5.49. The van der Waals surface area contributed by atoms with Crippen molar-refractivity contribution in [2.45, 2.75) is 65.1 Å². The van der Waals surface area contributed by atoms with Crippen molar-refractivity contribution in [3.63, 3.8) is 0 Å². The van der Waals surface area contributed by atoms with E-state index in [9.17, 15) is 14.0 Å². The molecule has 1 unspecified atom stereocenters. The average molecular weight is 493 g/mol. The standard InChI is InChI=1S/C28H33FN4O3/c1-18(21-12-13-22(23(29)16-21)20-10-7-6-8-11-20)24-17-25-32(14-9-15-33(25)31-24)26(34)19(2)30-27(35)36-28(3,4)5/h6-8,10-13,16-19H,9,14-15H2,1-5H3,(H,30,35)/t18?,19-/m1/s1. The number of fused-ring (bicyclic) bond motifs is 1. The number of hydrogen-bond donors (Lipinski definition) is 1. The quantitative estimate of drug-likeness (QED) is 0.511. The van der Waals surface area contributed by atoms with E-state index in [1.54, 1.807) is 44.7 Å². The highest BCUT2D eigenvalue weighted by Gasteiger charge is 2.30. The highest BCUT2D eigenvalue weighted by molar-refractivity contribution is 5.98. The lowest BCUT2D eigenvalue weighted by Gasteiger charge is -2.30.